The first-order valence-corrected chi connectivity index (χ1v) is 12.2. The van der Waals surface area contributed by atoms with Crippen molar-refractivity contribution in [3.63, 3.8) is 0 Å². The summed E-state index contributed by atoms with van der Waals surface area (Å²) in [7, 11) is -2.19. The van der Waals surface area contributed by atoms with Crippen LogP contribution in [0.1, 0.15) is 32.6 Å². The molecule has 1 saturated carbocycles. The molecule has 1 atom stereocenters. The topological polar surface area (TPSA) is 75.7 Å². The van der Waals surface area contributed by atoms with Crippen molar-refractivity contribution in [2.75, 3.05) is 30.0 Å². The maximum Gasteiger partial charge on any atom is 0.243 e. The molecule has 1 N–H and O–H groups in total. The number of carbonyl (C=O) groups excluding carboxylic acids is 1. The van der Waals surface area contributed by atoms with Crippen LogP contribution in [0.3, 0.4) is 0 Å². The normalized spacial score (nSPS) is 16.1. The highest BCUT2D eigenvalue weighted by Crippen LogP contribution is 2.31. The average Bonchev–Trinajstić information content (AvgIpc) is 3.11. The first-order chi connectivity index (χ1) is 12.7. The summed E-state index contributed by atoms with van der Waals surface area (Å²) in [4.78, 5) is 12.5. The predicted octanol–water partition coefficient (Wildman–Crippen LogP) is 3.30. The van der Waals surface area contributed by atoms with Crippen LogP contribution in [0.25, 0.3) is 0 Å². The van der Waals surface area contributed by atoms with E-state index in [9.17, 15) is 13.2 Å². The number of amides is 1. The molecule has 9 heteroatoms. The van der Waals surface area contributed by atoms with Gasteiger partial charge in [0, 0.05) is 17.5 Å². The first kappa shape index (κ1) is 22.2. The molecule has 1 fully saturated rings. The third-order valence-corrected chi connectivity index (χ3v) is 7.46. The second kappa shape index (κ2) is 9.89. The number of benzene rings is 1. The van der Waals surface area contributed by atoms with E-state index in [-0.39, 0.29) is 10.9 Å². The number of thioether (sulfide) groups is 1. The molecule has 6 nitrogen and oxygen atoms in total. The molecule has 1 aliphatic rings. The summed E-state index contributed by atoms with van der Waals surface area (Å²) in [6, 6.07) is 3.76. The molecule has 0 spiro atoms. The van der Waals surface area contributed by atoms with Crippen LogP contribution in [0.4, 0.5) is 5.69 Å². The lowest BCUT2D eigenvalue weighted by molar-refractivity contribution is -0.121. The van der Waals surface area contributed by atoms with Gasteiger partial charge < -0.3 is 10.1 Å². The largest absolute Gasteiger partial charge is 0.495 e. The van der Waals surface area contributed by atoms with Gasteiger partial charge in [0.1, 0.15) is 11.8 Å². The minimum absolute atomic E-state index is 0.282. The zero-order chi connectivity index (χ0) is 20.0. The van der Waals surface area contributed by atoms with Crippen LogP contribution in [0.2, 0.25) is 5.02 Å². The Morgan fingerprint density at radius 1 is 1.41 bits per heavy atom. The summed E-state index contributed by atoms with van der Waals surface area (Å²) in [5, 5.41) is 3.81. The second-order valence-electron chi connectivity index (χ2n) is 6.62. The molecule has 1 aromatic rings. The third-order valence-electron chi connectivity index (χ3n) is 4.54. The quantitative estimate of drug-likeness (QED) is 0.603. The number of halogens is 1. The van der Waals surface area contributed by atoms with Gasteiger partial charge in [-0.1, -0.05) is 24.4 Å². The molecule has 1 aromatic carbocycles. The van der Waals surface area contributed by atoms with Gasteiger partial charge in [0.2, 0.25) is 15.9 Å². The number of sulfonamides is 1. The van der Waals surface area contributed by atoms with Crippen molar-refractivity contribution in [2.45, 2.75) is 43.9 Å². The number of anilines is 1. The van der Waals surface area contributed by atoms with Gasteiger partial charge in [0.15, 0.2) is 0 Å². The van der Waals surface area contributed by atoms with Gasteiger partial charge in [0.05, 0.1) is 24.1 Å². The molecular weight excluding hydrogens is 408 g/mol. The van der Waals surface area contributed by atoms with Gasteiger partial charge in [-0.05, 0) is 38.0 Å². The van der Waals surface area contributed by atoms with E-state index in [0.29, 0.717) is 23.2 Å². The molecule has 0 radical (unpaired) electrons. The third kappa shape index (κ3) is 6.19. The lowest BCUT2D eigenvalue weighted by Crippen LogP contribution is -2.48. The Morgan fingerprint density at radius 2 is 2.07 bits per heavy atom. The van der Waals surface area contributed by atoms with E-state index < -0.39 is 16.1 Å². The number of hydrogen-bond donors (Lipinski definition) is 1. The summed E-state index contributed by atoms with van der Waals surface area (Å²) in [6.45, 7) is 2.09. The van der Waals surface area contributed by atoms with E-state index in [0.717, 1.165) is 16.3 Å². The highest BCUT2D eigenvalue weighted by molar-refractivity contribution is 7.99. The SMILES string of the molecule is COc1ccc(N([C@H](C)C(=O)NCCSC2CCCC2)S(C)(=O)=O)cc1Cl. The van der Waals surface area contributed by atoms with E-state index in [4.69, 9.17) is 16.3 Å². The molecule has 0 heterocycles. The number of methoxy groups -OCH3 is 1. The van der Waals surface area contributed by atoms with Crippen LogP contribution in [0.15, 0.2) is 18.2 Å². The van der Waals surface area contributed by atoms with E-state index in [1.54, 1.807) is 19.1 Å². The second-order valence-corrected chi connectivity index (χ2v) is 10.3. The van der Waals surface area contributed by atoms with Crippen LogP contribution >= 0.6 is 23.4 Å². The molecule has 1 amide bonds. The first-order valence-electron chi connectivity index (χ1n) is 8.96. The van der Waals surface area contributed by atoms with E-state index in [1.807, 2.05) is 11.8 Å². The van der Waals surface area contributed by atoms with Crippen molar-refractivity contribution in [1.29, 1.82) is 0 Å². The Hall–Kier alpha value is -1.12. The Balaban J connectivity index is 2.02. The van der Waals surface area contributed by atoms with E-state index >= 15 is 0 Å². The summed E-state index contributed by atoms with van der Waals surface area (Å²) in [5.74, 6) is 0.936. The van der Waals surface area contributed by atoms with Gasteiger partial charge in [-0.25, -0.2) is 8.42 Å². The predicted molar refractivity (Wildman–Crippen MR) is 113 cm³/mol. The summed E-state index contributed by atoms with van der Waals surface area (Å²) >= 11 is 8.00. The standard InChI is InChI=1S/C18H27ClN2O4S2/c1-13(18(22)20-10-11-26-15-6-4-5-7-15)21(27(3,23)24)14-8-9-17(25-2)16(19)12-14/h8-9,12-13,15H,4-7,10-11H2,1-3H3,(H,20,22)/t13-/m1/s1. The van der Waals surface area contributed by atoms with Gasteiger partial charge in [-0.3, -0.25) is 9.10 Å². The van der Waals surface area contributed by atoms with Gasteiger partial charge in [-0.15, -0.1) is 0 Å². The molecule has 152 valence electrons. The maximum absolute atomic E-state index is 12.5. The summed E-state index contributed by atoms with van der Waals surface area (Å²) < 4.78 is 30.8. The van der Waals surface area contributed by atoms with Crippen LogP contribution < -0.4 is 14.4 Å². The number of nitrogens with zero attached hydrogens (tertiary/aromatic N) is 1. The van der Waals surface area contributed by atoms with Crippen molar-refractivity contribution in [1.82, 2.24) is 5.32 Å². The molecule has 0 saturated heterocycles. The van der Waals surface area contributed by atoms with Crippen molar-refractivity contribution in [3.8, 4) is 5.75 Å². The van der Waals surface area contributed by atoms with Crippen LogP contribution in [-0.4, -0.2) is 51.3 Å². The Labute approximate surface area is 171 Å². The molecule has 0 aromatic heterocycles. The fourth-order valence-corrected chi connectivity index (χ4v) is 5.84. The zero-order valence-corrected chi connectivity index (χ0v) is 18.3. The summed E-state index contributed by atoms with van der Waals surface area (Å²) in [6.07, 6.45) is 6.14. The Kier molecular flexibility index (Phi) is 8.12. The van der Waals surface area contributed by atoms with Crippen molar-refractivity contribution < 1.29 is 17.9 Å². The molecule has 0 aliphatic heterocycles. The number of rotatable bonds is 9. The molecule has 2 rings (SSSR count). The van der Waals surface area contributed by atoms with Gasteiger partial charge >= 0.3 is 0 Å². The summed E-state index contributed by atoms with van der Waals surface area (Å²) in [5.41, 5.74) is 0.325. The van der Waals surface area contributed by atoms with Crippen LogP contribution in [-0.2, 0) is 14.8 Å². The molecule has 27 heavy (non-hydrogen) atoms. The Morgan fingerprint density at radius 3 is 2.63 bits per heavy atom. The van der Waals surface area contributed by atoms with Crippen molar-refractivity contribution in [3.05, 3.63) is 23.2 Å². The van der Waals surface area contributed by atoms with Crippen LogP contribution in [0, 0.1) is 0 Å². The minimum Gasteiger partial charge on any atom is -0.495 e. The van der Waals surface area contributed by atoms with E-state index in [2.05, 4.69) is 5.32 Å². The smallest absolute Gasteiger partial charge is 0.243 e. The Bertz CT molecular complexity index is 752. The van der Waals surface area contributed by atoms with Crippen molar-refractivity contribution in [2.24, 2.45) is 0 Å². The molecular formula is C18H27ClN2O4S2. The lowest BCUT2D eigenvalue weighted by Gasteiger charge is -2.28. The fraction of sp³-hybridized carbons (Fsp3) is 0.611. The zero-order valence-electron chi connectivity index (χ0n) is 15.9. The van der Waals surface area contributed by atoms with Gasteiger partial charge in [0.25, 0.3) is 0 Å². The fourth-order valence-electron chi connectivity index (χ4n) is 3.20. The molecule has 1 aliphatic carbocycles. The molecule has 0 unspecified atom stereocenters. The molecule has 0 bridgehead atoms. The number of hydrogen-bond acceptors (Lipinski definition) is 5. The average molecular weight is 435 g/mol. The monoisotopic (exact) mass is 434 g/mol. The highest BCUT2D eigenvalue weighted by Gasteiger charge is 2.29. The maximum atomic E-state index is 12.5. The number of nitrogens with one attached hydrogen (secondary N) is 1. The van der Waals surface area contributed by atoms with E-state index in [1.165, 1.54) is 38.9 Å². The van der Waals surface area contributed by atoms with Crippen LogP contribution in [0.5, 0.6) is 5.75 Å². The number of ether oxygens (including phenoxy) is 1. The van der Waals surface area contributed by atoms with Crippen molar-refractivity contribution >= 4 is 45.0 Å². The highest BCUT2D eigenvalue weighted by atomic mass is 35.5. The minimum atomic E-state index is -3.67. The number of carbonyl (C=O) groups is 1. The van der Waals surface area contributed by atoms with Gasteiger partial charge in [-0.2, -0.15) is 11.8 Å². The lowest BCUT2D eigenvalue weighted by atomic mass is 10.2.